The van der Waals surface area contributed by atoms with Crippen LogP contribution in [0.5, 0.6) is 0 Å². The van der Waals surface area contributed by atoms with E-state index in [9.17, 15) is 14.9 Å². The minimum absolute atomic E-state index is 0.0876. The minimum atomic E-state index is -0.598. The summed E-state index contributed by atoms with van der Waals surface area (Å²) in [6, 6.07) is 7.63. The van der Waals surface area contributed by atoms with Gasteiger partial charge in [-0.25, -0.2) is 4.79 Å². The number of hydrogen-bond acceptors (Lipinski definition) is 4. The lowest BCUT2D eigenvalue weighted by atomic mass is 9.94. The number of benzene rings is 1. The summed E-state index contributed by atoms with van der Waals surface area (Å²) in [6.45, 7) is 10.3. The van der Waals surface area contributed by atoms with E-state index in [0.29, 0.717) is 30.0 Å². The quantitative estimate of drug-likeness (QED) is 0.863. The van der Waals surface area contributed by atoms with Crippen LogP contribution in [0.1, 0.15) is 67.7 Å². The van der Waals surface area contributed by atoms with Gasteiger partial charge < -0.3 is 4.74 Å². The molecule has 6 nitrogen and oxygen atoms in total. The van der Waals surface area contributed by atoms with Crippen LogP contribution in [0, 0.1) is 18.3 Å². The predicted molar refractivity (Wildman–Crippen MR) is 100 cm³/mol. The van der Waals surface area contributed by atoms with E-state index in [1.54, 1.807) is 16.7 Å². The highest BCUT2D eigenvalue weighted by Crippen LogP contribution is 2.31. The van der Waals surface area contributed by atoms with Gasteiger partial charge in [0.05, 0.1) is 17.3 Å². The summed E-state index contributed by atoms with van der Waals surface area (Å²) in [7, 11) is 0. The molecule has 1 aromatic heterocycles. The lowest BCUT2D eigenvalue weighted by Crippen LogP contribution is -2.37. The molecule has 0 saturated carbocycles. The van der Waals surface area contributed by atoms with Gasteiger partial charge in [-0.3, -0.25) is 14.3 Å². The van der Waals surface area contributed by atoms with E-state index in [1.165, 1.54) is 0 Å². The molecule has 6 heteroatoms. The SMILES string of the molecule is CCOC(c1cc(C)cc(C#N)c1)c1c(C(C)C)c(=O)[nH]c(=O)n1CC. The summed E-state index contributed by atoms with van der Waals surface area (Å²) >= 11 is 0. The Bertz CT molecular complexity index is 948. The smallest absolute Gasteiger partial charge is 0.328 e. The third kappa shape index (κ3) is 3.78. The molecule has 0 bridgehead atoms. The largest absolute Gasteiger partial charge is 0.368 e. The Hall–Kier alpha value is -2.65. The van der Waals surface area contributed by atoms with Gasteiger partial charge in [-0.2, -0.15) is 5.26 Å². The number of nitriles is 1. The third-order valence-electron chi connectivity index (χ3n) is 4.28. The number of rotatable bonds is 6. The number of H-pyrrole nitrogens is 1. The van der Waals surface area contributed by atoms with E-state index in [-0.39, 0.29) is 11.5 Å². The monoisotopic (exact) mass is 355 g/mol. The molecule has 2 rings (SSSR count). The van der Waals surface area contributed by atoms with Crippen molar-refractivity contribution < 1.29 is 4.74 Å². The number of aromatic amines is 1. The molecule has 0 fully saturated rings. The van der Waals surface area contributed by atoms with Crippen molar-refractivity contribution in [3.8, 4) is 6.07 Å². The Morgan fingerprint density at radius 2 is 1.92 bits per heavy atom. The molecule has 2 aromatic rings. The molecule has 1 unspecified atom stereocenters. The Balaban J connectivity index is 2.88. The van der Waals surface area contributed by atoms with Crippen LogP contribution in [0.15, 0.2) is 27.8 Å². The fourth-order valence-electron chi connectivity index (χ4n) is 3.29. The maximum absolute atomic E-state index is 12.5. The fourth-order valence-corrected chi connectivity index (χ4v) is 3.29. The summed E-state index contributed by atoms with van der Waals surface area (Å²) < 4.78 is 7.54. The van der Waals surface area contributed by atoms with E-state index in [2.05, 4.69) is 11.1 Å². The third-order valence-corrected chi connectivity index (χ3v) is 4.28. The highest BCUT2D eigenvalue weighted by molar-refractivity contribution is 5.41. The molecule has 1 aromatic carbocycles. The van der Waals surface area contributed by atoms with E-state index < -0.39 is 11.8 Å². The van der Waals surface area contributed by atoms with Gasteiger partial charge in [0.2, 0.25) is 0 Å². The molecule has 26 heavy (non-hydrogen) atoms. The molecular weight excluding hydrogens is 330 g/mol. The first-order valence-corrected chi connectivity index (χ1v) is 8.84. The summed E-state index contributed by atoms with van der Waals surface area (Å²) in [5.74, 6) is -0.0876. The van der Waals surface area contributed by atoms with Gasteiger partial charge in [0.15, 0.2) is 0 Å². The van der Waals surface area contributed by atoms with Crippen LogP contribution in [0.4, 0.5) is 0 Å². The van der Waals surface area contributed by atoms with Crippen molar-refractivity contribution in [2.24, 2.45) is 0 Å². The number of aromatic nitrogens is 2. The van der Waals surface area contributed by atoms with Gasteiger partial charge in [0.25, 0.3) is 5.56 Å². The molecule has 0 aliphatic carbocycles. The zero-order valence-electron chi connectivity index (χ0n) is 15.9. The van der Waals surface area contributed by atoms with Gasteiger partial charge in [-0.15, -0.1) is 0 Å². The Morgan fingerprint density at radius 3 is 2.46 bits per heavy atom. The van der Waals surface area contributed by atoms with Crippen molar-refractivity contribution in [3.63, 3.8) is 0 Å². The number of aryl methyl sites for hydroxylation is 1. The summed E-state index contributed by atoms with van der Waals surface area (Å²) in [6.07, 6.45) is -0.598. The van der Waals surface area contributed by atoms with E-state index >= 15 is 0 Å². The Labute approximate surface area is 153 Å². The molecule has 0 radical (unpaired) electrons. The van der Waals surface area contributed by atoms with Crippen molar-refractivity contribution >= 4 is 0 Å². The second kappa shape index (κ2) is 8.15. The maximum Gasteiger partial charge on any atom is 0.328 e. The molecule has 138 valence electrons. The first kappa shape index (κ1) is 19.7. The Kier molecular flexibility index (Phi) is 6.17. The van der Waals surface area contributed by atoms with Crippen LogP contribution in [0.25, 0.3) is 0 Å². The van der Waals surface area contributed by atoms with Crippen LogP contribution >= 0.6 is 0 Å². The number of nitrogens with one attached hydrogen (secondary N) is 1. The minimum Gasteiger partial charge on any atom is -0.368 e. The average Bonchev–Trinajstić information content (AvgIpc) is 2.58. The van der Waals surface area contributed by atoms with Gasteiger partial charge in [0.1, 0.15) is 6.10 Å². The van der Waals surface area contributed by atoms with Crippen molar-refractivity contribution in [1.29, 1.82) is 5.26 Å². The number of hydrogen-bond donors (Lipinski definition) is 1. The van der Waals surface area contributed by atoms with Crippen molar-refractivity contribution in [2.45, 2.75) is 53.2 Å². The van der Waals surface area contributed by atoms with E-state index in [1.807, 2.05) is 40.7 Å². The topological polar surface area (TPSA) is 87.9 Å². The van der Waals surface area contributed by atoms with Crippen molar-refractivity contribution in [2.75, 3.05) is 6.61 Å². The molecule has 0 saturated heterocycles. The molecule has 0 aliphatic rings. The average molecular weight is 355 g/mol. The number of ether oxygens (including phenoxy) is 1. The molecule has 1 N–H and O–H groups in total. The van der Waals surface area contributed by atoms with E-state index in [4.69, 9.17) is 4.74 Å². The van der Waals surface area contributed by atoms with Gasteiger partial charge in [0, 0.05) is 18.7 Å². The lowest BCUT2D eigenvalue weighted by molar-refractivity contribution is 0.0835. The molecule has 1 atom stereocenters. The van der Waals surface area contributed by atoms with Gasteiger partial charge in [-0.05, 0) is 49.9 Å². The maximum atomic E-state index is 12.5. The Morgan fingerprint density at radius 1 is 1.23 bits per heavy atom. The van der Waals surface area contributed by atoms with Crippen molar-refractivity contribution in [1.82, 2.24) is 9.55 Å². The van der Waals surface area contributed by atoms with Crippen LogP contribution < -0.4 is 11.2 Å². The van der Waals surface area contributed by atoms with Crippen LogP contribution in [-0.2, 0) is 11.3 Å². The second-order valence-corrected chi connectivity index (χ2v) is 6.54. The normalized spacial score (nSPS) is 12.2. The highest BCUT2D eigenvalue weighted by Gasteiger charge is 2.26. The number of nitrogens with zero attached hydrogens (tertiary/aromatic N) is 2. The summed E-state index contributed by atoms with van der Waals surface area (Å²) in [5, 5.41) is 9.30. The lowest BCUT2D eigenvalue weighted by Gasteiger charge is -2.25. The first-order valence-electron chi connectivity index (χ1n) is 8.84. The molecule has 0 amide bonds. The van der Waals surface area contributed by atoms with Crippen LogP contribution in [0.3, 0.4) is 0 Å². The second-order valence-electron chi connectivity index (χ2n) is 6.54. The predicted octanol–water partition coefficient (Wildman–Crippen LogP) is 2.99. The molecule has 0 aliphatic heterocycles. The summed E-state index contributed by atoms with van der Waals surface area (Å²) in [5.41, 5.74) is 2.46. The highest BCUT2D eigenvalue weighted by atomic mass is 16.5. The standard InChI is InChI=1S/C20H25N3O3/c1-6-23-17(16(12(3)4)19(24)22-20(23)25)18(26-7-2)15-9-13(5)8-14(10-15)11-21/h8-10,12,18H,6-7H2,1-5H3,(H,22,24,25). The van der Waals surface area contributed by atoms with E-state index in [0.717, 1.165) is 11.1 Å². The molecule has 0 spiro atoms. The van der Waals surface area contributed by atoms with Gasteiger partial charge in [-0.1, -0.05) is 19.9 Å². The first-order chi connectivity index (χ1) is 12.3. The zero-order chi connectivity index (χ0) is 19.4. The molecular formula is C20H25N3O3. The molecule has 1 heterocycles. The fraction of sp³-hybridized carbons (Fsp3) is 0.450. The summed E-state index contributed by atoms with van der Waals surface area (Å²) in [4.78, 5) is 27.3. The van der Waals surface area contributed by atoms with Crippen LogP contribution in [-0.4, -0.2) is 16.2 Å². The van der Waals surface area contributed by atoms with Crippen molar-refractivity contribution in [3.05, 3.63) is 67.0 Å². The zero-order valence-corrected chi connectivity index (χ0v) is 15.9. The van der Waals surface area contributed by atoms with Gasteiger partial charge >= 0.3 is 5.69 Å². The van der Waals surface area contributed by atoms with Crippen LogP contribution in [0.2, 0.25) is 0 Å².